The molecule has 22 heavy (non-hydrogen) atoms. The molecule has 126 valence electrons. The van der Waals surface area contributed by atoms with E-state index in [1.807, 2.05) is 7.76 Å². The summed E-state index contributed by atoms with van der Waals surface area (Å²) in [6, 6.07) is 0. The van der Waals surface area contributed by atoms with Crippen LogP contribution in [0.3, 0.4) is 0 Å². The van der Waals surface area contributed by atoms with Crippen molar-refractivity contribution in [2.45, 2.75) is 63.8 Å². The first-order valence-electron chi connectivity index (χ1n) is 8.04. The van der Waals surface area contributed by atoms with Gasteiger partial charge in [0.2, 0.25) is 0 Å². The Morgan fingerprint density at radius 1 is 0.864 bits per heavy atom. The van der Waals surface area contributed by atoms with Crippen LogP contribution in [0.4, 0.5) is 0 Å². The molecule has 0 nitrogen and oxygen atoms in total. The zero-order valence-electron chi connectivity index (χ0n) is 15.0. The molecule has 0 atom stereocenters. The normalized spacial score (nSPS) is 18.9. The third-order valence-electron chi connectivity index (χ3n) is 5.44. The maximum atomic E-state index is 2.65. The van der Waals surface area contributed by atoms with Gasteiger partial charge >= 0.3 is 128 Å². The van der Waals surface area contributed by atoms with E-state index in [9.17, 15) is 0 Å². The Bertz CT molecular complexity index is 592. The fourth-order valence-electron chi connectivity index (χ4n) is 4.09. The van der Waals surface area contributed by atoms with Crippen LogP contribution < -0.4 is 0 Å². The molecule has 0 aromatic carbocycles. The van der Waals surface area contributed by atoms with Crippen molar-refractivity contribution in [2.75, 3.05) is 0 Å². The molecule has 0 amide bonds. The van der Waals surface area contributed by atoms with Gasteiger partial charge in [0.25, 0.3) is 0 Å². The molecular weight excluding hydrogens is 363 g/mol. The van der Waals surface area contributed by atoms with Gasteiger partial charge in [-0.3, -0.25) is 0 Å². The van der Waals surface area contributed by atoms with Crippen LogP contribution in [-0.4, -0.2) is 7.63 Å². The van der Waals surface area contributed by atoms with Crippen molar-refractivity contribution in [3.63, 3.8) is 0 Å². The third kappa shape index (κ3) is 3.92. The van der Waals surface area contributed by atoms with E-state index in [0.717, 1.165) is 0 Å². The second-order valence-electron chi connectivity index (χ2n) is 7.67. The first kappa shape index (κ1) is 22.5. The van der Waals surface area contributed by atoms with Crippen molar-refractivity contribution in [1.82, 2.24) is 0 Å². The Morgan fingerprint density at radius 3 is 1.41 bits per heavy atom. The predicted molar refractivity (Wildman–Crippen MR) is 106 cm³/mol. The van der Waals surface area contributed by atoms with E-state index in [1.165, 1.54) is 25.7 Å². The first-order valence-corrected chi connectivity index (χ1v) is 16.7. The van der Waals surface area contributed by atoms with E-state index in [2.05, 4.69) is 57.9 Å². The van der Waals surface area contributed by atoms with Crippen molar-refractivity contribution < 1.29 is 14.0 Å². The van der Waals surface area contributed by atoms with E-state index in [4.69, 9.17) is 0 Å². The van der Waals surface area contributed by atoms with Crippen molar-refractivity contribution in [3.8, 4) is 0 Å². The summed E-state index contributed by atoms with van der Waals surface area (Å²) in [4.78, 5) is 0. The molecule has 4 heteroatoms. The number of allylic oxidation sites excluding steroid dienone is 8. The molecular formula is C18H32Cl2SiTi. The van der Waals surface area contributed by atoms with Crippen LogP contribution in [0.5, 0.6) is 0 Å². The Hall–Kier alpha value is 0.471. The van der Waals surface area contributed by atoms with Gasteiger partial charge < -0.3 is 0 Å². The van der Waals surface area contributed by atoms with Crippen LogP contribution in [0.15, 0.2) is 42.2 Å². The quantitative estimate of drug-likeness (QED) is 0.498. The molecule has 2 rings (SSSR count). The van der Waals surface area contributed by atoms with E-state index in [0.29, 0.717) is 0 Å². The standard InChI is InChI=1S/2C8H11.2CH3.2ClH.H2Si.Ti/c2*1-3-8-5-4-7(2)6-8;;;;;;/h2*6H,3,5H2,1-2H3;2*1H3;2*1H;1H2;. The zero-order chi connectivity index (χ0) is 15.2. The number of hydrogen-bond donors (Lipinski definition) is 0. The van der Waals surface area contributed by atoms with Gasteiger partial charge in [-0.25, -0.2) is 0 Å². The minimum Gasteiger partial charge on any atom is -0.147 e. The van der Waals surface area contributed by atoms with Gasteiger partial charge in [0.15, 0.2) is 0 Å². The van der Waals surface area contributed by atoms with Crippen LogP contribution in [0.2, 0.25) is 10.5 Å². The van der Waals surface area contributed by atoms with Gasteiger partial charge in [-0.2, -0.15) is 0 Å². The SMILES string of the molecule is CCC1=CC(C)=[C]([Ti]([CH3])([CH3])(=[SiH2])[C]2=C(C)C=C(CC)C2)C1.Cl.Cl. The first-order chi connectivity index (χ1) is 9.18. The summed E-state index contributed by atoms with van der Waals surface area (Å²) in [5.74, 6) is 0. The van der Waals surface area contributed by atoms with Crippen molar-refractivity contribution in [3.05, 3.63) is 42.2 Å². The molecule has 0 spiro atoms. The van der Waals surface area contributed by atoms with Crippen LogP contribution in [0.25, 0.3) is 0 Å². The molecule has 0 fully saturated rings. The number of hydrogen-bond acceptors (Lipinski definition) is 0. The summed E-state index contributed by atoms with van der Waals surface area (Å²) in [6.07, 6.45) is 9.88. The summed E-state index contributed by atoms with van der Waals surface area (Å²) >= 11 is -2.67. The van der Waals surface area contributed by atoms with E-state index in [-0.39, 0.29) is 24.8 Å². The average molecular weight is 395 g/mol. The smallest absolute Gasteiger partial charge is 0.147 e. The van der Waals surface area contributed by atoms with Gasteiger partial charge in [-0.05, 0) is 0 Å². The molecule has 0 aliphatic heterocycles. The molecule has 0 saturated carbocycles. The Kier molecular flexibility index (Phi) is 7.73. The Labute approximate surface area is 151 Å². The summed E-state index contributed by atoms with van der Waals surface area (Å²) in [5.41, 5.74) is 6.46. The molecule has 0 aromatic rings. The van der Waals surface area contributed by atoms with Crippen LogP contribution in [-0.2, 0) is 14.0 Å². The minimum absolute atomic E-state index is 0. The van der Waals surface area contributed by atoms with Crippen LogP contribution in [0, 0.1) is 0 Å². The van der Waals surface area contributed by atoms with Gasteiger partial charge in [0.1, 0.15) is 0 Å². The molecule has 0 heterocycles. The number of rotatable bonds is 4. The monoisotopic (exact) mass is 394 g/mol. The molecule has 0 aromatic heterocycles. The van der Waals surface area contributed by atoms with Gasteiger partial charge in [-0.15, -0.1) is 24.8 Å². The van der Waals surface area contributed by atoms with Crippen molar-refractivity contribution in [1.29, 1.82) is 0 Å². The van der Waals surface area contributed by atoms with Gasteiger partial charge in [0.05, 0.1) is 0 Å². The molecule has 2 aliphatic carbocycles. The Morgan fingerprint density at radius 2 is 1.18 bits per heavy atom. The van der Waals surface area contributed by atoms with Crippen molar-refractivity contribution in [2.24, 2.45) is 0 Å². The summed E-state index contributed by atoms with van der Waals surface area (Å²) in [6.45, 7) is 9.29. The predicted octanol–water partition coefficient (Wildman–Crippen LogP) is 6.19. The summed E-state index contributed by atoms with van der Waals surface area (Å²) in [7, 11) is 2.38. The minimum atomic E-state index is -2.67. The van der Waals surface area contributed by atoms with E-state index >= 15 is 0 Å². The third-order valence-corrected chi connectivity index (χ3v) is 16.8. The van der Waals surface area contributed by atoms with Crippen LogP contribution >= 0.6 is 24.8 Å². The topological polar surface area (TPSA) is 0 Å². The second kappa shape index (κ2) is 7.57. The fourth-order valence-corrected chi connectivity index (χ4v) is 14.6. The molecule has 0 bridgehead atoms. The molecule has 0 radical (unpaired) electrons. The van der Waals surface area contributed by atoms with E-state index < -0.39 is 14.0 Å². The largest absolute Gasteiger partial charge is 0.147 e. The zero-order valence-corrected chi connectivity index (χ0v) is 19.6. The molecule has 0 N–H and O–H groups in total. The summed E-state index contributed by atoms with van der Waals surface area (Å²) in [5, 5.41) is 5.29. The maximum absolute atomic E-state index is 2.67. The number of halogens is 2. The summed E-state index contributed by atoms with van der Waals surface area (Å²) < 4.78 is 3.66. The van der Waals surface area contributed by atoms with Gasteiger partial charge in [-0.1, -0.05) is 0 Å². The molecule has 2 aliphatic rings. The Balaban J connectivity index is 0.00000220. The van der Waals surface area contributed by atoms with Crippen molar-refractivity contribution >= 4 is 32.4 Å². The fraction of sp³-hybridized carbons (Fsp3) is 0.556. The molecule has 0 unspecified atom stereocenters. The van der Waals surface area contributed by atoms with Gasteiger partial charge in [0, 0.05) is 0 Å². The maximum Gasteiger partial charge on any atom is -0.147 e. The second-order valence-corrected chi connectivity index (χ2v) is 26.7. The van der Waals surface area contributed by atoms with Crippen LogP contribution in [0.1, 0.15) is 53.4 Å². The average Bonchev–Trinajstić information content (AvgIpc) is 2.92. The molecule has 0 saturated heterocycles. The van der Waals surface area contributed by atoms with E-state index in [1.54, 1.807) is 22.3 Å².